The van der Waals surface area contributed by atoms with Gasteiger partial charge in [-0.2, -0.15) is 0 Å². The van der Waals surface area contributed by atoms with Gasteiger partial charge in [0.2, 0.25) is 0 Å². The van der Waals surface area contributed by atoms with Crippen LogP contribution in [0.1, 0.15) is 25.3 Å². The molecule has 116 valence electrons. The molecule has 6 heteroatoms. The van der Waals surface area contributed by atoms with E-state index >= 15 is 0 Å². The fraction of sp³-hybridized carbons (Fsp3) is 0.467. The topological polar surface area (TPSA) is 89.9 Å². The molecule has 2 amide bonds. The molecular weight excluding hydrogens is 272 g/mol. The number of carbonyl (C=O) groups is 2. The number of benzene rings is 1. The number of nitrogens with one attached hydrogen (secondary N) is 1. The molecule has 21 heavy (non-hydrogen) atoms. The van der Waals surface area contributed by atoms with Crippen LogP contribution in [0.5, 0.6) is 0 Å². The highest BCUT2D eigenvalue weighted by Gasteiger charge is 2.10. The average molecular weight is 294 g/mol. The van der Waals surface area contributed by atoms with E-state index in [0.29, 0.717) is 25.1 Å². The number of anilines is 1. The van der Waals surface area contributed by atoms with Gasteiger partial charge < -0.3 is 20.4 Å². The zero-order chi connectivity index (χ0) is 15.8. The van der Waals surface area contributed by atoms with E-state index in [4.69, 9.17) is 5.11 Å². The quantitative estimate of drug-likeness (QED) is 0.717. The molecule has 0 fully saturated rings. The van der Waals surface area contributed by atoms with Crippen LogP contribution in [0.4, 0.5) is 10.5 Å². The maximum Gasteiger partial charge on any atom is 0.321 e. The van der Waals surface area contributed by atoms with Crippen molar-refractivity contribution >= 4 is 17.7 Å². The molecule has 0 bridgehead atoms. The largest absolute Gasteiger partial charge is 0.481 e. The molecule has 0 radical (unpaired) electrons. The molecule has 1 aromatic rings. The summed E-state index contributed by atoms with van der Waals surface area (Å²) in [5.41, 5.74) is 1.49. The van der Waals surface area contributed by atoms with Gasteiger partial charge >= 0.3 is 12.0 Å². The fourth-order valence-corrected chi connectivity index (χ4v) is 1.76. The van der Waals surface area contributed by atoms with Crippen LogP contribution in [0.25, 0.3) is 0 Å². The molecule has 1 aromatic carbocycles. The molecule has 0 aromatic heterocycles. The van der Waals surface area contributed by atoms with Crippen molar-refractivity contribution in [3.8, 4) is 0 Å². The van der Waals surface area contributed by atoms with Crippen LogP contribution in [0.2, 0.25) is 0 Å². The Morgan fingerprint density at radius 1 is 1.38 bits per heavy atom. The number of rotatable bonds is 7. The van der Waals surface area contributed by atoms with Gasteiger partial charge in [0, 0.05) is 25.7 Å². The third-order valence-corrected chi connectivity index (χ3v) is 3.03. The number of carboxylic acid groups (broad SMARTS) is 1. The molecule has 0 saturated carbocycles. The maximum absolute atomic E-state index is 11.9. The van der Waals surface area contributed by atoms with E-state index < -0.39 is 12.1 Å². The summed E-state index contributed by atoms with van der Waals surface area (Å²) in [7, 11) is 1.66. The lowest BCUT2D eigenvalue weighted by Gasteiger charge is -2.19. The number of hydrogen-bond acceptors (Lipinski definition) is 3. The van der Waals surface area contributed by atoms with Gasteiger partial charge in [0.1, 0.15) is 0 Å². The highest BCUT2D eigenvalue weighted by Crippen LogP contribution is 2.13. The van der Waals surface area contributed by atoms with Crippen LogP contribution in [0, 0.1) is 0 Å². The lowest BCUT2D eigenvalue weighted by atomic mass is 10.1. The van der Waals surface area contributed by atoms with Gasteiger partial charge in [0.15, 0.2) is 0 Å². The van der Waals surface area contributed by atoms with Crippen molar-refractivity contribution in [1.82, 2.24) is 4.90 Å². The fourth-order valence-electron chi connectivity index (χ4n) is 1.76. The molecule has 1 unspecified atom stereocenters. The summed E-state index contributed by atoms with van der Waals surface area (Å²) in [6, 6.07) is 6.87. The first-order valence-corrected chi connectivity index (χ1v) is 6.89. The summed E-state index contributed by atoms with van der Waals surface area (Å²) in [5.74, 6) is -0.845. The van der Waals surface area contributed by atoms with E-state index in [0.717, 1.165) is 5.56 Å². The smallest absolute Gasteiger partial charge is 0.321 e. The minimum atomic E-state index is -0.845. The van der Waals surface area contributed by atoms with Gasteiger partial charge in [0.05, 0.1) is 6.10 Å². The Morgan fingerprint density at radius 3 is 2.71 bits per heavy atom. The number of nitrogens with zero attached hydrogens (tertiary/aromatic N) is 1. The number of amides is 2. The van der Waals surface area contributed by atoms with Crippen LogP contribution >= 0.6 is 0 Å². The van der Waals surface area contributed by atoms with Gasteiger partial charge in [-0.05, 0) is 37.5 Å². The molecule has 0 spiro atoms. The van der Waals surface area contributed by atoms with Crippen LogP contribution < -0.4 is 5.32 Å². The second kappa shape index (κ2) is 8.26. The molecule has 0 aliphatic carbocycles. The lowest BCUT2D eigenvalue weighted by Crippen LogP contribution is -2.33. The molecule has 0 aliphatic heterocycles. The molecule has 0 aliphatic rings. The maximum atomic E-state index is 11.9. The van der Waals surface area contributed by atoms with Gasteiger partial charge in [0.25, 0.3) is 0 Å². The predicted octanol–water partition coefficient (Wildman–Crippen LogP) is 1.94. The van der Waals surface area contributed by atoms with Crippen LogP contribution in [0.15, 0.2) is 24.3 Å². The molecule has 1 rings (SSSR count). The van der Waals surface area contributed by atoms with Gasteiger partial charge in [-0.1, -0.05) is 12.1 Å². The standard InChI is InChI=1S/C15H22N2O4/c1-11(18)8-9-17(2)15(21)16-13-5-3-4-12(10-13)6-7-14(19)20/h3-5,10-11,18H,6-9H2,1-2H3,(H,16,21)(H,19,20). The first kappa shape index (κ1) is 17.0. The lowest BCUT2D eigenvalue weighted by molar-refractivity contribution is -0.136. The number of carboxylic acids is 1. The van der Waals surface area contributed by atoms with Crippen LogP contribution in [-0.4, -0.2) is 46.8 Å². The number of aliphatic hydroxyl groups is 1. The first-order chi connectivity index (χ1) is 9.88. The third kappa shape index (κ3) is 6.76. The Labute approximate surface area is 124 Å². The number of aliphatic hydroxyl groups excluding tert-OH is 1. The van der Waals surface area contributed by atoms with E-state index in [2.05, 4.69) is 5.32 Å². The van der Waals surface area contributed by atoms with E-state index in [-0.39, 0.29) is 12.5 Å². The zero-order valence-electron chi connectivity index (χ0n) is 12.4. The van der Waals surface area contributed by atoms with Crippen molar-refractivity contribution in [2.45, 2.75) is 32.3 Å². The summed E-state index contributed by atoms with van der Waals surface area (Å²) >= 11 is 0. The summed E-state index contributed by atoms with van der Waals surface area (Å²) in [6.07, 6.45) is 0.560. The predicted molar refractivity (Wildman–Crippen MR) is 80.3 cm³/mol. The molecule has 6 nitrogen and oxygen atoms in total. The average Bonchev–Trinajstić information content (AvgIpc) is 2.42. The zero-order valence-corrected chi connectivity index (χ0v) is 12.4. The molecule has 1 atom stereocenters. The Balaban J connectivity index is 2.55. The van der Waals surface area contributed by atoms with Gasteiger partial charge in [-0.25, -0.2) is 4.79 Å². The first-order valence-electron chi connectivity index (χ1n) is 6.89. The normalized spacial score (nSPS) is 11.8. The van der Waals surface area contributed by atoms with Crippen molar-refractivity contribution in [3.63, 3.8) is 0 Å². The van der Waals surface area contributed by atoms with Crippen LogP contribution in [0.3, 0.4) is 0 Å². The van der Waals surface area contributed by atoms with Crippen LogP contribution in [-0.2, 0) is 11.2 Å². The minimum Gasteiger partial charge on any atom is -0.481 e. The summed E-state index contributed by atoms with van der Waals surface area (Å²) in [4.78, 5) is 24.0. The number of carbonyl (C=O) groups excluding carboxylic acids is 1. The highest BCUT2D eigenvalue weighted by molar-refractivity contribution is 5.89. The van der Waals surface area contributed by atoms with E-state index in [9.17, 15) is 14.7 Å². The van der Waals surface area contributed by atoms with Crippen molar-refractivity contribution in [3.05, 3.63) is 29.8 Å². The molecule has 3 N–H and O–H groups in total. The Morgan fingerprint density at radius 2 is 2.10 bits per heavy atom. The summed E-state index contributed by atoms with van der Waals surface area (Å²) in [5, 5.41) is 20.6. The van der Waals surface area contributed by atoms with E-state index in [1.807, 2.05) is 6.07 Å². The number of aliphatic carboxylic acids is 1. The van der Waals surface area contributed by atoms with Gasteiger partial charge in [-0.15, -0.1) is 0 Å². The summed E-state index contributed by atoms with van der Waals surface area (Å²) in [6.45, 7) is 2.14. The van der Waals surface area contributed by atoms with Gasteiger partial charge in [-0.3, -0.25) is 4.79 Å². The van der Waals surface area contributed by atoms with E-state index in [1.54, 1.807) is 32.2 Å². The van der Waals surface area contributed by atoms with Crippen molar-refractivity contribution in [2.24, 2.45) is 0 Å². The number of hydrogen-bond donors (Lipinski definition) is 3. The number of aryl methyl sites for hydroxylation is 1. The van der Waals surface area contributed by atoms with Crippen molar-refractivity contribution in [1.29, 1.82) is 0 Å². The molecule has 0 heterocycles. The Bertz CT molecular complexity index is 488. The Hall–Kier alpha value is -2.08. The third-order valence-electron chi connectivity index (χ3n) is 3.03. The second-order valence-corrected chi connectivity index (χ2v) is 5.08. The number of urea groups is 1. The minimum absolute atomic E-state index is 0.0612. The van der Waals surface area contributed by atoms with E-state index in [1.165, 1.54) is 4.90 Å². The Kier molecular flexibility index (Phi) is 6.68. The second-order valence-electron chi connectivity index (χ2n) is 5.08. The molecule has 0 saturated heterocycles. The molecular formula is C15H22N2O4. The SMILES string of the molecule is CC(O)CCN(C)C(=O)Nc1cccc(CCC(=O)O)c1. The summed E-state index contributed by atoms with van der Waals surface area (Å²) < 4.78 is 0. The van der Waals surface area contributed by atoms with Crippen molar-refractivity contribution < 1.29 is 19.8 Å². The highest BCUT2D eigenvalue weighted by atomic mass is 16.4. The van der Waals surface area contributed by atoms with Crippen molar-refractivity contribution in [2.75, 3.05) is 18.9 Å². The monoisotopic (exact) mass is 294 g/mol.